The summed E-state index contributed by atoms with van der Waals surface area (Å²) in [6, 6.07) is -0.497. The number of ether oxygens (including phenoxy) is 1. The molecule has 4 rings (SSSR count). The molecule has 3 aromatic heterocycles. The first-order chi connectivity index (χ1) is 18.3. The van der Waals surface area contributed by atoms with Gasteiger partial charge in [0, 0.05) is 29.9 Å². The second-order valence-electron chi connectivity index (χ2n) is 9.92. The summed E-state index contributed by atoms with van der Waals surface area (Å²) in [7, 11) is 1.65. The van der Waals surface area contributed by atoms with Crippen LogP contribution in [0.5, 0.6) is 5.75 Å². The van der Waals surface area contributed by atoms with Crippen LogP contribution in [0.2, 0.25) is 5.15 Å². The van der Waals surface area contributed by atoms with E-state index in [-0.39, 0.29) is 11.1 Å². The van der Waals surface area contributed by atoms with E-state index in [9.17, 15) is 9.90 Å². The molecule has 4 N–H and O–H groups in total. The van der Waals surface area contributed by atoms with E-state index in [4.69, 9.17) is 22.1 Å². The zero-order valence-corrected chi connectivity index (χ0v) is 22.9. The first-order valence-corrected chi connectivity index (χ1v) is 13.4. The fourth-order valence-electron chi connectivity index (χ4n) is 5.23. The molecule has 38 heavy (non-hydrogen) atoms. The van der Waals surface area contributed by atoms with E-state index in [1.807, 2.05) is 24.6 Å². The summed E-state index contributed by atoms with van der Waals surface area (Å²) in [6.45, 7) is 4.98. The molecule has 0 bridgehead atoms. The molecule has 0 aliphatic heterocycles. The summed E-state index contributed by atoms with van der Waals surface area (Å²) < 4.78 is 7.48. The van der Waals surface area contributed by atoms with E-state index >= 15 is 0 Å². The van der Waals surface area contributed by atoms with Crippen LogP contribution in [-0.2, 0) is 11.3 Å². The number of methoxy groups -OCH3 is 1. The average Bonchev–Trinajstić information content (AvgIpc) is 3.50. The number of aromatic nitrogens is 4. The number of carboxylic acid groups (broad SMARTS) is 1. The summed E-state index contributed by atoms with van der Waals surface area (Å²) in [5, 5.41) is 13.7. The third-order valence-corrected chi connectivity index (χ3v) is 7.47. The Morgan fingerprint density at radius 3 is 2.82 bits per heavy atom. The van der Waals surface area contributed by atoms with Gasteiger partial charge in [-0.15, -0.1) is 0 Å². The maximum Gasteiger partial charge on any atom is 0.320 e. The molecular formula is C28H35ClN6O3. The molecule has 0 spiro atoms. The number of carbonyl (C=O) groups is 1. The molecule has 9 nitrogen and oxygen atoms in total. The van der Waals surface area contributed by atoms with Crippen LogP contribution < -0.4 is 15.8 Å². The van der Waals surface area contributed by atoms with E-state index in [2.05, 4.69) is 32.1 Å². The number of pyridine rings is 1. The van der Waals surface area contributed by atoms with Crippen LogP contribution in [0.15, 0.2) is 12.4 Å². The lowest BCUT2D eigenvalue weighted by atomic mass is 9.98. The highest BCUT2D eigenvalue weighted by molar-refractivity contribution is 6.34. The van der Waals surface area contributed by atoms with Crippen LogP contribution in [0.3, 0.4) is 0 Å². The van der Waals surface area contributed by atoms with Crippen LogP contribution >= 0.6 is 11.6 Å². The summed E-state index contributed by atoms with van der Waals surface area (Å²) in [4.78, 5) is 24.8. The van der Waals surface area contributed by atoms with Gasteiger partial charge in [0.05, 0.1) is 30.3 Å². The van der Waals surface area contributed by atoms with Gasteiger partial charge in [0.1, 0.15) is 22.6 Å². The van der Waals surface area contributed by atoms with Crippen molar-refractivity contribution in [1.29, 1.82) is 0 Å². The van der Waals surface area contributed by atoms with Gasteiger partial charge in [-0.3, -0.25) is 9.78 Å². The molecule has 1 atom stereocenters. The Hall–Kier alpha value is -3.35. The monoisotopic (exact) mass is 538 g/mol. The van der Waals surface area contributed by atoms with Crippen molar-refractivity contribution in [2.45, 2.75) is 71.4 Å². The zero-order valence-electron chi connectivity index (χ0n) is 22.2. The molecule has 1 aliphatic carbocycles. The number of aryl methyl sites for hydroxylation is 1. The van der Waals surface area contributed by atoms with Crippen LogP contribution in [-0.4, -0.2) is 50.3 Å². The lowest BCUT2D eigenvalue weighted by molar-refractivity contribution is -0.140. The van der Waals surface area contributed by atoms with E-state index in [0.29, 0.717) is 48.4 Å². The van der Waals surface area contributed by atoms with Gasteiger partial charge in [-0.2, -0.15) is 4.98 Å². The van der Waals surface area contributed by atoms with Gasteiger partial charge in [0.2, 0.25) is 5.95 Å². The predicted molar refractivity (Wildman–Crippen MR) is 148 cm³/mol. The number of nitrogens with two attached hydrogens (primary N) is 1. The Morgan fingerprint density at radius 2 is 2.11 bits per heavy atom. The van der Waals surface area contributed by atoms with Crippen molar-refractivity contribution in [2.24, 2.45) is 5.92 Å². The van der Waals surface area contributed by atoms with Crippen molar-refractivity contribution < 1.29 is 14.6 Å². The maximum atomic E-state index is 11.6. The smallest absolute Gasteiger partial charge is 0.320 e. The number of nitrogens with one attached hydrogen (secondary N) is 1. The molecule has 202 valence electrons. The van der Waals surface area contributed by atoms with E-state index < -0.39 is 12.0 Å². The fourth-order valence-corrected chi connectivity index (χ4v) is 5.50. The molecule has 1 saturated carbocycles. The number of unbranched alkanes of at least 4 members (excludes halogenated alkanes) is 1. The lowest BCUT2D eigenvalue weighted by Gasteiger charge is -2.17. The van der Waals surface area contributed by atoms with Gasteiger partial charge in [-0.1, -0.05) is 49.1 Å². The highest BCUT2D eigenvalue weighted by atomic mass is 35.5. The van der Waals surface area contributed by atoms with Crippen LogP contribution in [0, 0.1) is 31.6 Å². The number of fused-ring (bicyclic) bond motifs is 1. The molecule has 0 aromatic carbocycles. The van der Waals surface area contributed by atoms with Gasteiger partial charge < -0.3 is 25.5 Å². The summed E-state index contributed by atoms with van der Waals surface area (Å²) in [6.07, 6.45) is 10.4. The Labute approximate surface area is 228 Å². The summed E-state index contributed by atoms with van der Waals surface area (Å²) in [5.74, 6) is 7.03. The maximum absolute atomic E-state index is 11.6. The van der Waals surface area contributed by atoms with Crippen molar-refractivity contribution in [3.63, 3.8) is 0 Å². The van der Waals surface area contributed by atoms with Gasteiger partial charge in [-0.25, -0.2) is 4.98 Å². The Balaban J connectivity index is 1.47. The van der Waals surface area contributed by atoms with E-state index in [1.165, 1.54) is 12.8 Å². The minimum Gasteiger partial charge on any atom is -0.496 e. The van der Waals surface area contributed by atoms with Crippen molar-refractivity contribution in [1.82, 2.24) is 24.8 Å². The number of hydrogen-bond acceptors (Lipinski definition) is 7. The van der Waals surface area contributed by atoms with Crippen molar-refractivity contribution in [2.75, 3.05) is 19.4 Å². The molecule has 1 fully saturated rings. The van der Waals surface area contributed by atoms with E-state index in [1.54, 1.807) is 13.3 Å². The Bertz CT molecular complexity index is 1370. The minimum atomic E-state index is -0.777. The number of aliphatic carboxylic acids is 1. The highest BCUT2D eigenvalue weighted by Gasteiger charge is 2.24. The number of carboxylic acids is 1. The quantitative estimate of drug-likeness (QED) is 0.196. The number of hydrogen-bond donors (Lipinski definition) is 3. The van der Waals surface area contributed by atoms with Crippen molar-refractivity contribution >= 4 is 34.6 Å². The summed E-state index contributed by atoms with van der Waals surface area (Å²) >= 11 is 6.47. The van der Waals surface area contributed by atoms with Gasteiger partial charge in [0.25, 0.3) is 0 Å². The number of rotatable bonds is 10. The molecular weight excluding hydrogens is 504 g/mol. The lowest BCUT2D eigenvalue weighted by Crippen LogP contribution is -2.38. The number of halogens is 1. The number of nitrogen functional groups attached to an aromatic ring is 1. The van der Waals surface area contributed by atoms with Gasteiger partial charge in [-0.05, 0) is 39.2 Å². The second-order valence-corrected chi connectivity index (χ2v) is 10.3. The van der Waals surface area contributed by atoms with Gasteiger partial charge >= 0.3 is 5.97 Å². The fraction of sp³-hybridized carbons (Fsp3) is 0.500. The topological polar surface area (TPSA) is 128 Å². The largest absolute Gasteiger partial charge is 0.496 e. The molecule has 0 radical (unpaired) electrons. The second kappa shape index (κ2) is 12.5. The van der Waals surface area contributed by atoms with Crippen molar-refractivity contribution in [3.8, 4) is 17.6 Å². The third-order valence-electron chi connectivity index (χ3n) is 7.19. The molecule has 1 aliphatic rings. The summed E-state index contributed by atoms with van der Waals surface area (Å²) in [5.41, 5.74) is 9.96. The zero-order chi connectivity index (χ0) is 27.2. The molecule has 10 heteroatoms. The molecule has 0 saturated heterocycles. The Kier molecular flexibility index (Phi) is 9.08. The first-order valence-electron chi connectivity index (χ1n) is 13.0. The molecule has 0 amide bonds. The molecule has 3 aromatic rings. The minimum absolute atomic E-state index is 0.0872. The molecule has 0 unspecified atom stereocenters. The van der Waals surface area contributed by atoms with Crippen LogP contribution in [0.4, 0.5) is 5.95 Å². The Morgan fingerprint density at radius 1 is 1.34 bits per heavy atom. The van der Waals surface area contributed by atoms with Crippen molar-refractivity contribution in [3.05, 3.63) is 39.9 Å². The first kappa shape index (κ1) is 27.7. The van der Waals surface area contributed by atoms with Crippen LogP contribution in [0.25, 0.3) is 11.0 Å². The standard InChI is InChI=1S/C28H35ClN6O3/c1-17-14-32-22(18(2)24(17)38-3)16-35-15-20(23-25(29)33-28(30)34-26(23)35)11-5-4-8-12-31-21(27(36)37)13-19-9-6-7-10-19/h14-15,19,21,31H,4,6-10,12-13,16H2,1-3H3,(H,36,37)(H2,30,33,34)/t21-/m0/s1. The number of nitrogens with zero attached hydrogens (tertiary/aromatic N) is 4. The van der Waals surface area contributed by atoms with Crippen LogP contribution in [0.1, 0.15) is 67.3 Å². The molecule has 3 heterocycles. The highest BCUT2D eigenvalue weighted by Crippen LogP contribution is 2.30. The average molecular weight is 539 g/mol. The predicted octanol–water partition coefficient (Wildman–Crippen LogP) is 4.49. The van der Waals surface area contributed by atoms with E-state index in [0.717, 1.165) is 41.8 Å². The van der Waals surface area contributed by atoms with Gasteiger partial charge in [0.15, 0.2) is 0 Å². The third kappa shape index (κ3) is 6.37. The normalized spacial score (nSPS) is 14.4. The SMILES string of the molecule is COc1c(C)cnc(Cn2cc(C#CCCCN[C@@H](CC3CCCC3)C(=O)O)c3c(Cl)nc(N)nc32)c1C. The number of anilines is 1.